The van der Waals surface area contributed by atoms with Gasteiger partial charge in [0, 0.05) is 0 Å². The molecule has 0 saturated heterocycles. The second-order valence-electron chi connectivity index (χ2n) is 7.32. The molecule has 1 atom stereocenters. The molecule has 0 fully saturated rings. The molecule has 11 heteroatoms. The topological polar surface area (TPSA) is 91.5 Å². The van der Waals surface area contributed by atoms with E-state index in [4.69, 9.17) is 16.2 Å². The van der Waals surface area contributed by atoms with Crippen LogP contribution in [0.3, 0.4) is 0 Å². The van der Waals surface area contributed by atoms with Crippen LogP contribution in [0.1, 0.15) is 23.2 Å². The van der Waals surface area contributed by atoms with Crippen LogP contribution < -0.4 is 13.2 Å². The van der Waals surface area contributed by atoms with Crippen molar-refractivity contribution >= 4 is 87.3 Å². The fourth-order valence-corrected chi connectivity index (χ4v) is 9.88. The van der Waals surface area contributed by atoms with Crippen LogP contribution in [0.4, 0.5) is 5.69 Å². The van der Waals surface area contributed by atoms with Gasteiger partial charge in [-0.15, -0.1) is 0 Å². The van der Waals surface area contributed by atoms with Gasteiger partial charge in [-0.3, -0.25) is 4.55 Å². The van der Waals surface area contributed by atoms with Crippen molar-refractivity contribution in [2.45, 2.75) is 21.2 Å². The molecule has 32 heavy (non-hydrogen) atoms. The molecule has 2 aliphatic heterocycles. The number of alkyl halides is 1. The molecule has 172 valence electrons. The van der Waals surface area contributed by atoms with E-state index in [9.17, 15) is 8.42 Å². The van der Waals surface area contributed by atoms with Crippen molar-refractivity contribution in [2.24, 2.45) is 7.05 Å². The monoisotopic (exact) mass is 628 g/mol. The smallest absolute Gasteiger partial charge is 0.870 e. The van der Waals surface area contributed by atoms with Gasteiger partial charge in [0.25, 0.3) is 0 Å². The minimum atomic E-state index is -3.96. The Balaban J connectivity index is 0.00000289. The molecule has 0 saturated carbocycles. The number of thioether (sulfide) groups is 1. The Labute approximate surface area is 211 Å². The van der Waals surface area contributed by atoms with Gasteiger partial charge >= 0.3 is 195 Å². The molecule has 2 aromatic rings. The molecule has 3 heterocycles. The second-order valence-corrected chi connectivity index (χ2v) is 16.6. The Hall–Kier alpha value is -0.830. The van der Waals surface area contributed by atoms with Gasteiger partial charge in [0.1, 0.15) is 0 Å². The summed E-state index contributed by atoms with van der Waals surface area (Å²) in [6, 6.07) is 8.08. The minimum Gasteiger partial charge on any atom is -0.870 e. The van der Waals surface area contributed by atoms with Crippen molar-refractivity contribution in [3.63, 3.8) is 0 Å². The summed E-state index contributed by atoms with van der Waals surface area (Å²) in [7, 11) is -1.86. The number of hydrogen-bond donors (Lipinski definition) is 1. The van der Waals surface area contributed by atoms with E-state index >= 15 is 0 Å². The standard InChI is InChI=1S/C21H21ClN2O3S3Te.H2O/c1-21(22)12-11-17-20(31-21)23(2)18(29-17)9-5-10-19-24(13-6-14-30(25,26)27)15-7-3-4-8-16(15)28-19;/h3-5,7-12H,6,13-14H2,1-2H3;1H2. The van der Waals surface area contributed by atoms with E-state index < -0.39 is 31.0 Å². The normalized spacial score (nSPS) is 21.1. The van der Waals surface area contributed by atoms with Crippen molar-refractivity contribution in [1.29, 1.82) is 0 Å². The Bertz CT molecular complexity index is 1210. The van der Waals surface area contributed by atoms with Crippen LogP contribution >= 0.6 is 34.7 Å². The summed E-state index contributed by atoms with van der Waals surface area (Å²) in [5, 5.41) is 2.21. The first kappa shape index (κ1) is 25.8. The predicted molar refractivity (Wildman–Crippen MR) is 134 cm³/mol. The fourth-order valence-electron chi connectivity index (χ4n) is 3.33. The van der Waals surface area contributed by atoms with Gasteiger partial charge in [0.15, 0.2) is 0 Å². The molecule has 1 aromatic heterocycles. The number of hydrogen-bond acceptors (Lipinski definition) is 6. The van der Waals surface area contributed by atoms with E-state index in [2.05, 4.69) is 53.8 Å². The first-order chi connectivity index (χ1) is 14.6. The van der Waals surface area contributed by atoms with E-state index in [1.807, 2.05) is 24.3 Å². The van der Waals surface area contributed by atoms with E-state index in [0.717, 1.165) is 15.6 Å². The van der Waals surface area contributed by atoms with E-state index in [1.54, 1.807) is 23.1 Å². The van der Waals surface area contributed by atoms with Crippen LogP contribution in [0.15, 0.2) is 52.4 Å². The number of rotatable bonds is 6. The first-order valence-electron chi connectivity index (χ1n) is 9.61. The zero-order valence-corrected chi connectivity index (χ0v) is 23.0. The van der Waals surface area contributed by atoms with Crippen molar-refractivity contribution in [2.75, 3.05) is 17.2 Å². The molecule has 1 aromatic carbocycles. The zero-order chi connectivity index (χ0) is 22.2. The number of thiazole rings is 1. The molecule has 6 nitrogen and oxygen atoms in total. The maximum Gasteiger partial charge on any atom is -0.870 e. The van der Waals surface area contributed by atoms with Gasteiger partial charge in [0.05, 0.1) is 0 Å². The molecule has 2 N–H and O–H groups in total. The SMILES string of the molecule is C[n+]1c(C=CC=C2Sc3ccccc3N2CCCS(=O)(=O)O)sc2c1[Te]C(C)(Cl)C=C2.[OH-]. The van der Waals surface area contributed by atoms with Gasteiger partial charge in [-0.1, -0.05) is 0 Å². The average Bonchev–Trinajstić information content (AvgIpc) is 3.18. The maximum absolute atomic E-state index is 11.1. The van der Waals surface area contributed by atoms with E-state index in [0.29, 0.717) is 13.0 Å². The zero-order valence-electron chi connectivity index (χ0n) is 17.4. The quantitative estimate of drug-likeness (QED) is 0.229. The van der Waals surface area contributed by atoms with Crippen molar-refractivity contribution in [3.8, 4) is 0 Å². The molecule has 2 aliphatic rings. The van der Waals surface area contributed by atoms with E-state index in [-0.39, 0.29) is 14.2 Å². The molecule has 0 bridgehead atoms. The Morgan fingerprint density at radius 2 is 2.09 bits per heavy atom. The van der Waals surface area contributed by atoms with Gasteiger partial charge in [-0.05, 0) is 0 Å². The Morgan fingerprint density at radius 1 is 1.34 bits per heavy atom. The molecule has 1 unspecified atom stereocenters. The number of anilines is 1. The molecular formula is C21H23ClN2O4S3Te. The first-order valence-corrected chi connectivity index (χ1v) is 15.6. The second kappa shape index (κ2) is 10.2. The van der Waals surface area contributed by atoms with Gasteiger partial charge in [0.2, 0.25) is 0 Å². The van der Waals surface area contributed by atoms with E-state index in [1.165, 1.54) is 13.6 Å². The summed E-state index contributed by atoms with van der Waals surface area (Å²) in [4.78, 5) is 4.55. The summed E-state index contributed by atoms with van der Waals surface area (Å²) >= 11 is 9.50. The van der Waals surface area contributed by atoms with Crippen LogP contribution in [-0.2, 0) is 17.2 Å². The van der Waals surface area contributed by atoms with Crippen LogP contribution in [0.5, 0.6) is 0 Å². The molecule has 0 spiro atoms. The van der Waals surface area contributed by atoms with Crippen LogP contribution in [0, 0.1) is 0 Å². The van der Waals surface area contributed by atoms with Gasteiger partial charge in [-0.2, -0.15) is 8.42 Å². The molecule has 4 rings (SSSR count). The van der Waals surface area contributed by atoms with Crippen LogP contribution in [0.25, 0.3) is 12.2 Å². The number of allylic oxidation sites excluding steroid dienone is 3. The summed E-state index contributed by atoms with van der Waals surface area (Å²) in [6.45, 7) is 2.61. The molecule has 0 aliphatic carbocycles. The number of halogens is 1. The molecular weight excluding hydrogens is 603 g/mol. The van der Waals surface area contributed by atoms with Crippen LogP contribution in [0.2, 0.25) is 0 Å². The molecule has 0 radical (unpaired) electrons. The predicted octanol–water partition coefficient (Wildman–Crippen LogP) is 3.45. The third-order valence-electron chi connectivity index (χ3n) is 4.79. The maximum atomic E-state index is 11.1. The minimum absolute atomic E-state index is 0. The number of para-hydroxylation sites is 1. The molecule has 0 amide bonds. The third-order valence-corrected chi connectivity index (χ3v) is 12.4. The number of benzene rings is 1. The van der Waals surface area contributed by atoms with Crippen molar-refractivity contribution in [3.05, 3.63) is 57.4 Å². The van der Waals surface area contributed by atoms with Crippen LogP contribution in [-0.4, -0.2) is 54.6 Å². The Morgan fingerprint density at radius 3 is 2.84 bits per heavy atom. The summed E-state index contributed by atoms with van der Waals surface area (Å²) in [5.41, 5.74) is 1.07. The Kier molecular flexibility index (Phi) is 8.22. The largest absolute Gasteiger partial charge is 0.870 e. The summed E-state index contributed by atoms with van der Waals surface area (Å²) < 4.78 is 34.7. The van der Waals surface area contributed by atoms with Crippen molar-refractivity contribution < 1.29 is 23.0 Å². The average molecular weight is 627 g/mol. The number of fused-ring (bicyclic) bond motifs is 2. The third kappa shape index (κ3) is 5.99. The van der Waals surface area contributed by atoms with Gasteiger partial charge in [-0.25, -0.2) is 0 Å². The summed E-state index contributed by atoms with van der Waals surface area (Å²) in [5.74, 6) is -0.243. The number of aromatic nitrogens is 1. The number of nitrogens with zero attached hydrogens (tertiary/aromatic N) is 2. The van der Waals surface area contributed by atoms with Gasteiger partial charge < -0.3 is 5.48 Å². The fraction of sp³-hybridized carbons (Fsp3) is 0.286. The van der Waals surface area contributed by atoms with Crippen molar-refractivity contribution in [1.82, 2.24) is 0 Å². The summed E-state index contributed by atoms with van der Waals surface area (Å²) in [6.07, 6.45) is 10.8.